The third kappa shape index (κ3) is 42.3. The van der Waals surface area contributed by atoms with Crippen molar-refractivity contribution in [3.8, 4) is 22.3 Å². The van der Waals surface area contributed by atoms with E-state index in [1.54, 1.807) is 43.2 Å². The fraction of sp³-hybridized carbons (Fsp3) is 0.492. The number of ether oxygens (including phenoxy) is 2. The van der Waals surface area contributed by atoms with E-state index in [9.17, 15) is 14.0 Å². The summed E-state index contributed by atoms with van der Waals surface area (Å²) in [6.45, 7) is 20.1. The predicted octanol–water partition coefficient (Wildman–Crippen LogP) is 16.2. The molecule has 0 saturated carbocycles. The van der Waals surface area contributed by atoms with Crippen molar-refractivity contribution in [3.05, 3.63) is 144 Å². The second-order valence-corrected chi connectivity index (χ2v) is 22.3. The van der Waals surface area contributed by atoms with Crippen LogP contribution in [-0.4, -0.2) is 107 Å². The summed E-state index contributed by atoms with van der Waals surface area (Å²) < 4.78 is 27.8. The number of hydrogen-bond donors (Lipinski definition) is 5. The number of nitrogens with one attached hydrogen (secondary N) is 1. The van der Waals surface area contributed by atoms with Gasteiger partial charge in [0.15, 0.2) is 5.11 Å². The minimum atomic E-state index is -1.00. The third-order valence-corrected chi connectivity index (χ3v) is 15.2. The Bertz CT molecular complexity index is 2430. The zero-order valence-electron chi connectivity index (χ0n) is 51.8. The smallest absolute Gasteiger partial charge is 0.870 e. The van der Waals surface area contributed by atoms with Gasteiger partial charge in [0.05, 0.1) is 8.52 Å². The first-order chi connectivity index (χ1) is 39.6. The molecule has 0 radical (unpaired) electrons. The Hall–Kier alpha value is -2.54. The maximum atomic E-state index is 11.9. The van der Waals surface area contributed by atoms with Crippen molar-refractivity contribution >= 4 is 125 Å². The number of fused-ring (bicyclic) bond motifs is 7. The molecule has 22 heteroatoms. The van der Waals surface area contributed by atoms with Gasteiger partial charge >= 0.3 is 41.5 Å². The molecule has 6 aromatic rings. The van der Waals surface area contributed by atoms with E-state index in [1.807, 2.05) is 91.8 Å². The number of halogens is 3. The van der Waals surface area contributed by atoms with Gasteiger partial charge in [-0.2, -0.15) is 16.8 Å². The first-order valence-electron chi connectivity index (χ1n) is 28.1. The first kappa shape index (κ1) is 101. The number of hydrogen-bond acceptors (Lipinski definition) is 15. The second kappa shape index (κ2) is 70.9. The summed E-state index contributed by atoms with van der Waals surface area (Å²) in [6, 6.07) is 41.0. The molecule has 2 heterocycles. The van der Waals surface area contributed by atoms with Crippen LogP contribution >= 0.6 is 96.8 Å². The van der Waals surface area contributed by atoms with E-state index in [-0.39, 0.29) is 111 Å². The van der Waals surface area contributed by atoms with Gasteiger partial charge in [0.25, 0.3) is 0 Å². The molecule has 0 spiro atoms. The molecule has 9 rings (SSSR count). The topological polar surface area (TPSA) is 203 Å². The number of nitrogens with two attached hydrogens (primary N) is 3. The monoisotopic (exact) mass is 1420 g/mol. The van der Waals surface area contributed by atoms with Gasteiger partial charge in [-0.15, -0.1) is 22.1 Å². The quantitative estimate of drug-likeness (QED) is 0.0162. The van der Waals surface area contributed by atoms with Crippen molar-refractivity contribution in [2.75, 3.05) is 69.8 Å². The molecule has 0 amide bonds. The van der Waals surface area contributed by atoms with Crippen molar-refractivity contribution in [1.82, 2.24) is 19.8 Å². The van der Waals surface area contributed by atoms with Crippen LogP contribution in [0.1, 0.15) is 166 Å². The minimum Gasteiger partial charge on any atom is -0.870 e. The Morgan fingerprint density at radius 3 is 1.30 bits per heavy atom. The van der Waals surface area contributed by atoms with E-state index in [4.69, 9.17) is 28.4 Å². The first-order valence-corrected chi connectivity index (χ1v) is 34.3. The van der Waals surface area contributed by atoms with E-state index in [2.05, 4.69) is 149 Å². The van der Waals surface area contributed by atoms with E-state index < -0.39 is 7.15 Å². The van der Waals surface area contributed by atoms with Crippen LogP contribution in [0.25, 0.3) is 33.3 Å². The van der Waals surface area contributed by atoms with Crippen molar-refractivity contribution in [1.29, 1.82) is 0 Å². The van der Waals surface area contributed by atoms with E-state index in [0.29, 0.717) is 31.8 Å². The van der Waals surface area contributed by atoms with Gasteiger partial charge in [-0.05, 0) is 131 Å². The van der Waals surface area contributed by atoms with E-state index in [0.717, 1.165) is 41.9 Å². The molecule has 0 atom stereocenters. The number of alkyl halides is 1. The summed E-state index contributed by atoms with van der Waals surface area (Å²) in [5, 5.41) is 10.7. The number of carbonyl (C=O) groups excluding carboxylic acids is 2. The molecular weight excluding hydrogens is 1310 g/mol. The summed E-state index contributed by atoms with van der Waals surface area (Å²) in [6.07, 6.45) is 10.9. The zero-order chi connectivity index (χ0) is 61.1. The predicted molar refractivity (Wildman–Crippen MR) is 401 cm³/mol. The summed E-state index contributed by atoms with van der Waals surface area (Å²) in [5.74, 6) is 2.86. The number of benzene rings is 5. The third-order valence-electron chi connectivity index (χ3n) is 10.9. The summed E-state index contributed by atoms with van der Waals surface area (Å²) in [5.41, 5.74) is 26.1. The van der Waals surface area contributed by atoms with Gasteiger partial charge in [-0.25, -0.2) is 0 Å². The van der Waals surface area contributed by atoms with Crippen molar-refractivity contribution in [3.63, 3.8) is 0 Å². The Kier molecular flexibility index (Phi) is 82.0. The van der Waals surface area contributed by atoms with Gasteiger partial charge in [-0.3, -0.25) is 14.0 Å². The molecule has 87 heavy (non-hydrogen) atoms. The zero-order valence-corrected chi connectivity index (χ0v) is 60.3. The fourth-order valence-corrected chi connectivity index (χ4v) is 10.4. The van der Waals surface area contributed by atoms with Crippen LogP contribution in [0.5, 0.6) is 0 Å². The molecule has 2 aliphatic carbocycles. The van der Waals surface area contributed by atoms with Gasteiger partial charge in [0, 0.05) is 54.5 Å². The standard InChI is InChI=1S/C19H20O2S2.C18H18O2S.C6H4ClN3.C5H11N.C3H9NS2.4C2H6.CH3F.CH4N2S.4CH4.BrH.Na.H2O/c1-22-23-12-6-11-19(20)21-13-18-16-9-4-2-7-14(16)15-8-3-5-10-17(15)18;19-18(10-5-11-21)20-12-17-15-8-3-1-6-13(15)14-7-2-4-9-16(14)17;7-10-6-4-2-1-3-5(6)8-9-10;1-2-4-6-5-3-1;1-5-6-3-2-4;5*1-2;2-1(3)4;;;;;;;/h2-5,7-10,18H,6,11-13H2,1H3;1-4,6-9,17,21H,5,10-12H2;1-4H;6H,1-5H2;2-4H2,1H3;4*1-2H3;1H3;(H4,2,3,4);4*1H4;1H;;1H2/q;;;;;;;;;;;;;;;;+1;/p-1/i;;;;;;;;;1D;;;;;;;;. The van der Waals surface area contributed by atoms with Crippen LogP contribution in [0, 0.1) is 0 Å². The van der Waals surface area contributed by atoms with E-state index in [1.165, 1.54) is 81.1 Å². The molecular formula is C65H111BrClFN7NaO5S6. The van der Waals surface area contributed by atoms with Crippen molar-refractivity contribution in [2.24, 2.45) is 17.2 Å². The number of para-hydroxylation sites is 1. The summed E-state index contributed by atoms with van der Waals surface area (Å²) >= 11 is 13.8. The van der Waals surface area contributed by atoms with Crippen molar-refractivity contribution in [2.45, 2.75) is 142 Å². The summed E-state index contributed by atoms with van der Waals surface area (Å²) in [7, 11) is 6.08. The molecule has 0 bridgehead atoms. The van der Waals surface area contributed by atoms with Gasteiger partial charge in [-0.1, -0.05) is 244 Å². The van der Waals surface area contributed by atoms with E-state index >= 15 is 0 Å². The van der Waals surface area contributed by atoms with Crippen molar-refractivity contribution < 1.29 is 59.9 Å². The maximum Gasteiger partial charge on any atom is 1.00 e. The normalized spacial score (nSPS) is 10.7. The summed E-state index contributed by atoms with van der Waals surface area (Å²) in [4.78, 5) is 23.7. The Morgan fingerprint density at radius 1 is 0.667 bits per heavy atom. The molecule has 8 N–H and O–H groups in total. The van der Waals surface area contributed by atoms with Crippen LogP contribution in [0.15, 0.2) is 121 Å². The molecule has 1 fully saturated rings. The van der Waals surface area contributed by atoms with Gasteiger partial charge < -0.3 is 37.5 Å². The number of piperidine rings is 1. The van der Waals surface area contributed by atoms with Crippen LogP contribution in [-0.2, 0) is 19.1 Å². The maximum absolute atomic E-state index is 11.9. The number of nitrogens with zero attached hydrogens (tertiary/aromatic N) is 3. The van der Waals surface area contributed by atoms with Crippen LogP contribution in [0.2, 0.25) is 0 Å². The average Bonchev–Trinajstić information content (AvgIpc) is 4.22. The van der Waals surface area contributed by atoms with Crippen LogP contribution in [0.4, 0.5) is 4.39 Å². The number of carbonyl (C=O) groups is 2. The Morgan fingerprint density at radius 2 is 1.00 bits per heavy atom. The molecule has 5 aromatic carbocycles. The van der Waals surface area contributed by atoms with Gasteiger partial charge in [0.2, 0.25) is 0 Å². The molecule has 1 aromatic heterocycles. The molecule has 0 unspecified atom stereocenters. The number of rotatable bonds is 15. The molecule has 1 aliphatic heterocycles. The Labute approximate surface area is 593 Å². The molecule has 12 nitrogen and oxygen atoms in total. The second-order valence-electron chi connectivity index (χ2n) is 15.7. The number of aromatic nitrogens is 3. The average molecular weight is 1420 g/mol. The SMILES string of the molecule is Br.C.C.C.C.C1CCNCC1.CC.CC.CC.CC.CSSCCCC(=O)OCC1c2ccccc2-c2ccccc21.CSSCCN.Cln1nnc2ccccc21.NC(N)=S.O=C(CCCS)OCC1c2ccccc2-c2ccccc21.[2H]CF.[Na+].[OH-]. The molecule has 3 aliphatic rings. The fourth-order valence-electron chi connectivity index (χ4n) is 7.73. The van der Waals surface area contributed by atoms with Gasteiger partial charge in [0.1, 0.15) is 24.2 Å². The van der Waals surface area contributed by atoms with Crippen LogP contribution < -0.4 is 52.1 Å². The Balaban J connectivity index is -0.000000125. The van der Waals surface area contributed by atoms with Crippen LogP contribution in [0.3, 0.4) is 0 Å². The number of thiol groups is 1. The largest absolute Gasteiger partial charge is 1.00 e. The number of esters is 2. The molecule has 1 saturated heterocycles. The molecule has 494 valence electrons. The number of thiocarbonyl (C=S) groups is 1. The minimum absolute atomic E-state index is 0.